The lowest BCUT2D eigenvalue weighted by Crippen LogP contribution is -2.29. The maximum absolute atomic E-state index is 11.8. The fourth-order valence-electron chi connectivity index (χ4n) is 1.54. The predicted molar refractivity (Wildman–Crippen MR) is 59.6 cm³/mol. The molecule has 4 heteroatoms. The van der Waals surface area contributed by atoms with Crippen LogP contribution in [0.4, 0.5) is 0 Å². The molecule has 1 aromatic rings. The maximum atomic E-state index is 11.8. The molecule has 0 saturated heterocycles. The summed E-state index contributed by atoms with van der Waals surface area (Å²) in [6.07, 6.45) is 1.89. The monoisotopic (exact) mass is 223 g/mol. The molecule has 1 aliphatic heterocycles. The largest absolute Gasteiger partial charge is 0.283 e. The van der Waals surface area contributed by atoms with Crippen LogP contribution in [0.25, 0.3) is 6.08 Å². The summed E-state index contributed by atoms with van der Waals surface area (Å²) < 4.78 is 26.3. The van der Waals surface area contributed by atoms with E-state index in [1.807, 2.05) is 32.1 Å². The summed E-state index contributed by atoms with van der Waals surface area (Å²) in [6, 6.07) is 7.00. The minimum absolute atomic E-state index is 0.174. The van der Waals surface area contributed by atoms with Crippen LogP contribution in [0.15, 0.2) is 34.9 Å². The van der Waals surface area contributed by atoms with Crippen molar-refractivity contribution in [3.8, 4) is 0 Å². The van der Waals surface area contributed by atoms with Crippen molar-refractivity contribution in [2.75, 3.05) is 0 Å². The summed E-state index contributed by atoms with van der Waals surface area (Å²) in [7, 11) is -3.35. The summed E-state index contributed by atoms with van der Waals surface area (Å²) >= 11 is 0. The average molecular weight is 223 g/mol. The van der Waals surface area contributed by atoms with Crippen molar-refractivity contribution in [2.45, 2.75) is 18.7 Å². The molecule has 15 heavy (non-hydrogen) atoms. The minimum atomic E-state index is -3.35. The second kappa shape index (κ2) is 3.38. The fraction of sp³-hybridized carbons (Fsp3) is 0.273. The molecule has 1 aliphatic rings. The van der Waals surface area contributed by atoms with E-state index in [9.17, 15) is 8.42 Å². The summed E-state index contributed by atoms with van der Waals surface area (Å²) in [5.41, 5.74) is 1.51. The van der Waals surface area contributed by atoms with Gasteiger partial charge in [-0.3, -0.25) is 4.72 Å². The summed E-state index contributed by atoms with van der Waals surface area (Å²) in [6.45, 7) is 3.92. The molecule has 1 heterocycles. The smallest absolute Gasteiger partial charge is 0.262 e. The van der Waals surface area contributed by atoms with E-state index in [0.717, 1.165) is 11.3 Å². The highest BCUT2D eigenvalue weighted by Gasteiger charge is 2.24. The van der Waals surface area contributed by atoms with Crippen molar-refractivity contribution < 1.29 is 8.42 Å². The van der Waals surface area contributed by atoms with Gasteiger partial charge in [0, 0.05) is 5.70 Å². The molecule has 1 aromatic carbocycles. The molecule has 1 N–H and O–H groups in total. The van der Waals surface area contributed by atoms with Gasteiger partial charge in [0.1, 0.15) is 0 Å². The zero-order valence-corrected chi connectivity index (χ0v) is 9.51. The fourth-order valence-corrected chi connectivity index (χ4v) is 2.95. The Kier molecular flexibility index (Phi) is 2.31. The molecule has 0 aromatic heterocycles. The number of rotatable bonds is 1. The molecule has 2 rings (SSSR count). The standard InChI is InChI=1S/C11H13NO2S/c1-8(2)10-7-9-5-3-4-6-11(9)15(13,14)12-10/h3-8,12H,1-2H3. The van der Waals surface area contributed by atoms with Crippen LogP contribution in [-0.2, 0) is 10.0 Å². The van der Waals surface area contributed by atoms with E-state index < -0.39 is 10.0 Å². The molecule has 0 saturated carbocycles. The zero-order valence-electron chi connectivity index (χ0n) is 8.69. The first-order valence-electron chi connectivity index (χ1n) is 4.84. The van der Waals surface area contributed by atoms with Gasteiger partial charge in [-0.15, -0.1) is 0 Å². The van der Waals surface area contributed by atoms with Gasteiger partial charge in [0.15, 0.2) is 0 Å². The highest BCUT2D eigenvalue weighted by Crippen LogP contribution is 2.25. The van der Waals surface area contributed by atoms with E-state index in [1.54, 1.807) is 12.1 Å². The Morgan fingerprint density at radius 3 is 2.53 bits per heavy atom. The molecule has 3 nitrogen and oxygen atoms in total. The Labute approximate surface area is 89.9 Å². The van der Waals surface area contributed by atoms with E-state index in [1.165, 1.54) is 0 Å². The van der Waals surface area contributed by atoms with Crippen LogP contribution in [0.5, 0.6) is 0 Å². The maximum Gasteiger partial charge on any atom is 0.262 e. The number of nitrogens with one attached hydrogen (secondary N) is 1. The second-order valence-corrected chi connectivity index (χ2v) is 5.55. The zero-order chi connectivity index (χ0) is 11.1. The summed E-state index contributed by atoms with van der Waals surface area (Å²) in [5.74, 6) is 0.174. The molecule has 0 unspecified atom stereocenters. The number of fused-ring (bicyclic) bond motifs is 1. The minimum Gasteiger partial charge on any atom is -0.283 e. The number of sulfonamides is 1. The Morgan fingerprint density at radius 1 is 1.20 bits per heavy atom. The topological polar surface area (TPSA) is 46.2 Å². The molecular weight excluding hydrogens is 210 g/mol. The van der Waals surface area contributed by atoms with E-state index in [2.05, 4.69) is 4.72 Å². The normalized spacial score (nSPS) is 17.9. The Balaban J connectivity index is 2.64. The number of benzene rings is 1. The molecule has 0 radical (unpaired) electrons. The van der Waals surface area contributed by atoms with Gasteiger partial charge >= 0.3 is 0 Å². The van der Waals surface area contributed by atoms with Crippen LogP contribution < -0.4 is 4.72 Å². The van der Waals surface area contributed by atoms with Gasteiger partial charge in [0.2, 0.25) is 0 Å². The lowest BCUT2D eigenvalue weighted by atomic mass is 10.1. The highest BCUT2D eigenvalue weighted by atomic mass is 32.2. The molecule has 0 aliphatic carbocycles. The van der Waals surface area contributed by atoms with Crippen molar-refractivity contribution >= 4 is 16.1 Å². The van der Waals surface area contributed by atoms with Gasteiger partial charge in [-0.25, -0.2) is 8.42 Å². The average Bonchev–Trinajstić information content (AvgIpc) is 2.16. The van der Waals surface area contributed by atoms with E-state index in [-0.39, 0.29) is 5.92 Å². The number of allylic oxidation sites excluding steroid dienone is 1. The quantitative estimate of drug-likeness (QED) is 0.791. The lowest BCUT2D eigenvalue weighted by molar-refractivity contribution is 0.580. The van der Waals surface area contributed by atoms with Gasteiger partial charge in [-0.05, 0) is 23.6 Å². The van der Waals surface area contributed by atoms with Crippen LogP contribution in [0.2, 0.25) is 0 Å². The summed E-state index contributed by atoms with van der Waals surface area (Å²) in [5, 5.41) is 0. The van der Waals surface area contributed by atoms with E-state index >= 15 is 0 Å². The third-order valence-electron chi connectivity index (χ3n) is 2.39. The molecule has 0 atom stereocenters. The lowest BCUT2D eigenvalue weighted by Gasteiger charge is -2.21. The van der Waals surface area contributed by atoms with E-state index in [4.69, 9.17) is 0 Å². The molecule has 0 amide bonds. The van der Waals surface area contributed by atoms with Gasteiger partial charge < -0.3 is 0 Å². The first-order valence-corrected chi connectivity index (χ1v) is 6.32. The third kappa shape index (κ3) is 1.77. The molecular formula is C11H13NO2S. The third-order valence-corrected chi connectivity index (χ3v) is 3.85. The Bertz CT molecular complexity index is 515. The van der Waals surface area contributed by atoms with Crippen molar-refractivity contribution in [1.29, 1.82) is 0 Å². The van der Waals surface area contributed by atoms with Crippen LogP contribution in [0, 0.1) is 5.92 Å². The number of hydrogen-bond acceptors (Lipinski definition) is 2. The second-order valence-electron chi connectivity index (χ2n) is 3.90. The van der Waals surface area contributed by atoms with Gasteiger partial charge in [0.25, 0.3) is 10.0 Å². The van der Waals surface area contributed by atoms with Crippen LogP contribution >= 0.6 is 0 Å². The van der Waals surface area contributed by atoms with Crippen molar-refractivity contribution in [1.82, 2.24) is 4.72 Å². The summed E-state index contributed by atoms with van der Waals surface area (Å²) in [4.78, 5) is 0.356. The van der Waals surface area contributed by atoms with Gasteiger partial charge in [-0.1, -0.05) is 32.0 Å². The Morgan fingerprint density at radius 2 is 1.87 bits per heavy atom. The van der Waals surface area contributed by atoms with Crippen molar-refractivity contribution in [3.05, 3.63) is 35.5 Å². The predicted octanol–water partition coefficient (Wildman–Crippen LogP) is 1.98. The van der Waals surface area contributed by atoms with Crippen LogP contribution in [0.3, 0.4) is 0 Å². The van der Waals surface area contributed by atoms with E-state index in [0.29, 0.717) is 4.90 Å². The highest BCUT2D eigenvalue weighted by molar-refractivity contribution is 7.89. The molecule has 0 spiro atoms. The van der Waals surface area contributed by atoms with Crippen LogP contribution in [0.1, 0.15) is 19.4 Å². The Hall–Kier alpha value is -1.29. The number of hydrogen-bond donors (Lipinski definition) is 1. The van der Waals surface area contributed by atoms with Gasteiger partial charge in [-0.2, -0.15) is 0 Å². The molecule has 0 fully saturated rings. The SMILES string of the molecule is CC(C)C1=Cc2ccccc2S(=O)(=O)N1. The van der Waals surface area contributed by atoms with Crippen molar-refractivity contribution in [3.63, 3.8) is 0 Å². The first kappa shape index (κ1) is 10.2. The van der Waals surface area contributed by atoms with Crippen molar-refractivity contribution in [2.24, 2.45) is 5.92 Å². The van der Waals surface area contributed by atoms with Gasteiger partial charge in [0.05, 0.1) is 4.90 Å². The first-order chi connectivity index (χ1) is 7.00. The van der Waals surface area contributed by atoms with Crippen LogP contribution in [-0.4, -0.2) is 8.42 Å². The molecule has 0 bridgehead atoms. The molecule has 80 valence electrons.